The summed E-state index contributed by atoms with van der Waals surface area (Å²) >= 11 is 0. The summed E-state index contributed by atoms with van der Waals surface area (Å²) in [6.07, 6.45) is 0. The number of fused-ring (bicyclic) bond motifs is 1. The number of likely N-dealkylation sites (N-methyl/N-ethyl adjacent to an activating group) is 1. The zero-order valence-corrected chi connectivity index (χ0v) is 20.0. The van der Waals surface area contributed by atoms with Crippen molar-refractivity contribution in [3.05, 3.63) is 76.8 Å². The molecule has 1 unspecified atom stereocenters. The Labute approximate surface area is 199 Å². The summed E-state index contributed by atoms with van der Waals surface area (Å²) in [5, 5.41) is 11.7. The minimum absolute atomic E-state index is 0.00447. The van der Waals surface area contributed by atoms with Crippen molar-refractivity contribution in [2.75, 3.05) is 33.3 Å². The number of benzene rings is 2. The molecule has 1 aromatic heterocycles. The zero-order valence-electron chi connectivity index (χ0n) is 20.0. The van der Waals surface area contributed by atoms with E-state index in [0.717, 1.165) is 24.0 Å². The molecule has 0 fully saturated rings. The lowest BCUT2D eigenvalue weighted by Crippen LogP contribution is -2.38. The van der Waals surface area contributed by atoms with Gasteiger partial charge in [-0.05, 0) is 44.3 Å². The van der Waals surface area contributed by atoms with E-state index < -0.39 is 23.5 Å². The number of hydrogen-bond donors (Lipinski definition) is 1. The maximum Gasteiger partial charge on any atom is 0.290 e. The van der Waals surface area contributed by atoms with Gasteiger partial charge in [-0.1, -0.05) is 43.7 Å². The molecule has 34 heavy (non-hydrogen) atoms. The lowest BCUT2D eigenvalue weighted by molar-refractivity contribution is -0.129. The van der Waals surface area contributed by atoms with Gasteiger partial charge in [0.25, 0.3) is 5.91 Å². The molecular formula is C27H30N2O5. The Morgan fingerprint density at radius 3 is 2.59 bits per heavy atom. The number of ketones is 1. The van der Waals surface area contributed by atoms with Gasteiger partial charge in [-0.3, -0.25) is 9.59 Å². The van der Waals surface area contributed by atoms with Crippen LogP contribution >= 0.6 is 0 Å². The van der Waals surface area contributed by atoms with Crippen molar-refractivity contribution >= 4 is 22.7 Å². The SMILES string of the molecule is CCN(CC)CCN1C(=O)C(O)=C(C(=O)c2cc3cc(C)ccc3o2)C1c1ccccc1OC. The standard InChI is InChI=1S/C27H30N2O5/c1-5-28(6-2)13-14-29-24(19-9-7-8-10-21(19)33-4)23(26(31)27(29)32)25(30)22-16-18-15-17(3)11-12-20(18)34-22/h7-12,15-16,24,31H,5-6,13-14H2,1-4H3. The molecule has 0 spiro atoms. The number of furan rings is 1. The highest BCUT2D eigenvalue weighted by Gasteiger charge is 2.45. The highest BCUT2D eigenvalue weighted by Crippen LogP contribution is 2.42. The molecule has 1 aliphatic rings. The number of aliphatic hydroxyl groups is 1. The zero-order chi connectivity index (χ0) is 24.4. The summed E-state index contributed by atoms with van der Waals surface area (Å²) in [5.74, 6) is -1.01. The fourth-order valence-corrected chi connectivity index (χ4v) is 4.53. The van der Waals surface area contributed by atoms with Crippen LogP contribution < -0.4 is 4.74 Å². The van der Waals surface area contributed by atoms with Gasteiger partial charge in [0, 0.05) is 24.0 Å². The molecule has 0 saturated heterocycles. The Bertz CT molecular complexity index is 1250. The first kappa shape index (κ1) is 23.6. The maximum atomic E-state index is 13.7. The number of methoxy groups -OCH3 is 1. The molecule has 0 saturated carbocycles. The van der Waals surface area contributed by atoms with E-state index in [0.29, 0.717) is 30.0 Å². The van der Waals surface area contributed by atoms with E-state index in [2.05, 4.69) is 18.7 Å². The van der Waals surface area contributed by atoms with Crippen molar-refractivity contribution in [1.29, 1.82) is 0 Å². The van der Waals surface area contributed by atoms with E-state index in [1.807, 2.05) is 43.3 Å². The lowest BCUT2D eigenvalue weighted by atomic mass is 9.94. The van der Waals surface area contributed by atoms with Crippen LogP contribution in [-0.4, -0.2) is 59.9 Å². The number of Topliss-reactive ketones (excluding diaryl/α,β-unsaturated/α-hetero) is 1. The summed E-state index contributed by atoms with van der Waals surface area (Å²) in [6.45, 7) is 8.71. The highest BCUT2D eigenvalue weighted by atomic mass is 16.5. The van der Waals surface area contributed by atoms with E-state index in [9.17, 15) is 14.7 Å². The minimum Gasteiger partial charge on any atom is -0.503 e. The molecule has 0 radical (unpaired) electrons. The maximum absolute atomic E-state index is 13.7. The van der Waals surface area contributed by atoms with Crippen LogP contribution in [0, 0.1) is 6.92 Å². The Hall–Kier alpha value is -3.58. The molecular weight excluding hydrogens is 432 g/mol. The summed E-state index contributed by atoms with van der Waals surface area (Å²) in [6, 6.07) is 13.8. The van der Waals surface area contributed by atoms with Gasteiger partial charge in [0.05, 0.1) is 18.7 Å². The van der Waals surface area contributed by atoms with Gasteiger partial charge in [0.2, 0.25) is 5.78 Å². The number of hydrogen-bond acceptors (Lipinski definition) is 6. The third-order valence-corrected chi connectivity index (χ3v) is 6.43. The predicted molar refractivity (Wildman–Crippen MR) is 130 cm³/mol. The fourth-order valence-electron chi connectivity index (χ4n) is 4.53. The van der Waals surface area contributed by atoms with Crippen LogP contribution in [0.2, 0.25) is 0 Å². The third-order valence-electron chi connectivity index (χ3n) is 6.43. The molecule has 0 aliphatic carbocycles. The Morgan fingerprint density at radius 2 is 1.88 bits per heavy atom. The second-order valence-electron chi connectivity index (χ2n) is 8.41. The number of aliphatic hydroxyl groups excluding tert-OH is 1. The van der Waals surface area contributed by atoms with Crippen molar-refractivity contribution in [2.45, 2.75) is 26.8 Å². The molecule has 2 heterocycles. The van der Waals surface area contributed by atoms with Crippen LogP contribution in [0.15, 0.2) is 64.3 Å². The first-order chi connectivity index (χ1) is 16.4. The van der Waals surface area contributed by atoms with Crippen LogP contribution in [-0.2, 0) is 4.79 Å². The topological polar surface area (TPSA) is 83.2 Å². The van der Waals surface area contributed by atoms with Crippen LogP contribution in [0.3, 0.4) is 0 Å². The number of amides is 1. The average molecular weight is 463 g/mol. The molecule has 1 aliphatic heterocycles. The van der Waals surface area contributed by atoms with E-state index in [1.165, 1.54) is 0 Å². The molecule has 2 aromatic carbocycles. The molecule has 178 valence electrons. The number of rotatable bonds is 9. The normalized spacial score (nSPS) is 16.2. The molecule has 1 amide bonds. The molecule has 7 heteroatoms. The monoisotopic (exact) mass is 462 g/mol. The summed E-state index contributed by atoms with van der Waals surface area (Å²) in [5.41, 5.74) is 2.26. The van der Waals surface area contributed by atoms with Gasteiger partial charge >= 0.3 is 0 Å². The van der Waals surface area contributed by atoms with Crippen molar-refractivity contribution in [3.63, 3.8) is 0 Å². The van der Waals surface area contributed by atoms with Crippen molar-refractivity contribution in [1.82, 2.24) is 9.80 Å². The van der Waals surface area contributed by atoms with Crippen LogP contribution in [0.5, 0.6) is 5.75 Å². The average Bonchev–Trinajstić information content (AvgIpc) is 3.38. The van der Waals surface area contributed by atoms with Crippen molar-refractivity contribution in [3.8, 4) is 5.75 Å². The lowest BCUT2D eigenvalue weighted by Gasteiger charge is -2.30. The van der Waals surface area contributed by atoms with Gasteiger partial charge in [-0.25, -0.2) is 0 Å². The summed E-state index contributed by atoms with van der Waals surface area (Å²) < 4.78 is 11.4. The Morgan fingerprint density at radius 1 is 1.15 bits per heavy atom. The Kier molecular flexibility index (Phi) is 6.75. The highest BCUT2D eigenvalue weighted by molar-refractivity contribution is 6.16. The van der Waals surface area contributed by atoms with Crippen LogP contribution in [0.1, 0.15) is 41.6 Å². The number of aryl methyl sites for hydroxylation is 1. The summed E-state index contributed by atoms with van der Waals surface area (Å²) in [4.78, 5) is 30.6. The molecule has 3 aromatic rings. The van der Waals surface area contributed by atoms with Gasteiger partial charge in [0.15, 0.2) is 11.5 Å². The van der Waals surface area contributed by atoms with Gasteiger partial charge in [-0.2, -0.15) is 0 Å². The predicted octanol–water partition coefficient (Wildman–Crippen LogP) is 4.67. The van der Waals surface area contributed by atoms with Crippen LogP contribution in [0.25, 0.3) is 11.0 Å². The molecule has 4 rings (SSSR count). The first-order valence-corrected chi connectivity index (χ1v) is 11.5. The van der Waals surface area contributed by atoms with Gasteiger partial charge in [0.1, 0.15) is 11.3 Å². The number of para-hydroxylation sites is 1. The first-order valence-electron chi connectivity index (χ1n) is 11.5. The minimum atomic E-state index is -0.790. The summed E-state index contributed by atoms with van der Waals surface area (Å²) in [7, 11) is 1.54. The van der Waals surface area contributed by atoms with Crippen molar-refractivity contribution < 1.29 is 23.8 Å². The second-order valence-corrected chi connectivity index (χ2v) is 8.41. The molecule has 0 bridgehead atoms. The molecule has 1 N–H and O–H groups in total. The molecule has 1 atom stereocenters. The smallest absolute Gasteiger partial charge is 0.290 e. The van der Waals surface area contributed by atoms with Gasteiger partial charge < -0.3 is 24.1 Å². The van der Waals surface area contributed by atoms with E-state index in [1.54, 1.807) is 24.1 Å². The largest absolute Gasteiger partial charge is 0.503 e. The third kappa shape index (κ3) is 4.19. The van der Waals surface area contributed by atoms with Gasteiger partial charge in [-0.15, -0.1) is 0 Å². The number of carbonyl (C=O) groups is 2. The number of carbonyl (C=O) groups excluding carboxylic acids is 2. The quantitative estimate of drug-likeness (QED) is 0.465. The number of nitrogens with zero attached hydrogens (tertiary/aromatic N) is 2. The van der Waals surface area contributed by atoms with E-state index >= 15 is 0 Å². The fraction of sp³-hybridized carbons (Fsp3) is 0.333. The van der Waals surface area contributed by atoms with Crippen molar-refractivity contribution in [2.24, 2.45) is 0 Å². The number of ether oxygens (including phenoxy) is 1. The van der Waals surface area contributed by atoms with Crippen LogP contribution in [0.4, 0.5) is 0 Å². The molecule has 7 nitrogen and oxygen atoms in total. The van der Waals surface area contributed by atoms with E-state index in [4.69, 9.17) is 9.15 Å². The van der Waals surface area contributed by atoms with E-state index in [-0.39, 0.29) is 11.3 Å². The Balaban J connectivity index is 1.79. The second kappa shape index (κ2) is 9.73.